The zero-order valence-electron chi connectivity index (χ0n) is 15.1. The standard InChI is InChI=1S/C20H34N2O2/c23-20(19-17-6-2-3-7-18(17)19)22-12-8-16(9-13-22)24-15-14-21-10-4-1-5-11-21/h16-19H,1-15H2/t17-,18-/m1/s1. The number of fused-ring (bicyclic) bond motifs is 1. The first-order chi connectivity index (χ1) is 11.8. The summed E-state index contributed by atoms with van der Waals surface area (Å²) in [5.74, 6) is 2.34. The summed E-state index contributed by atoms with van der Waals surface area (Å²) in [7, 11) is 0. The van der Waals surface area contributed by atoms with Crippen LogP contribution in [-0.2, 0) is 9.53 Å². The van der Waals surface area contributed by atoms with Gasteiger partial charge >= 0.3 is 0 Å². The summed E-state index contributed by atoms with van der Waals surface area (Å²) < 4.78 is 6.10. The van der Waals surface area contributed by atoms with E-state index in [-0.39, 0.29) is 0 Å². The molecule has 24 heavy (non-hydrogen) atoms. The number of rotatable bonds is 5. The van der Waals surface area contributed by atoms with Crippen molar-refractivity contribution in [2.24, 2.45) is 17.8 Å². The van der Waals surface area contributed by atoms with Gasteiger partial charge in [0.15, 0.2) is 0 Å². The van der Waals surface area contributed by atoms with Crippen molar-refractivity contribution in [3.05, 3.63) is 0 Å². The van der Waals surface area contributed by atoms with Crippen LogP contribution in [0.2, 0.25) is 0 Å². The molecule has 0 aromatic rings. The number of ether oxygens (including phenoxy) is 1. The van der Waals surface area contributed by atoms with Crippen molar-refractivity contribution in [3.8, 4) is 0 Å². The van der Waals surface area contributed by atoms with Gasteiger partial charge in [0.25, 0.3) is 0 Å². The van der Waals surface area contributed by atoms with Crippen LogP contribution >= 0.6 is 0 Å². The van der Waals surface area contributed by atoms with Crippen molar-refractivity contribution >= 4 is 5.91 Å². The molecule has 2 atom stereocenters. The molecule has 2 aliphatic heterocycles. The predicted molar refractivity (Wildman–Crippen MR) is 94.8 cm³/mol. The lowest BCUT2D eigenvalue weighted by atomic mass is 10.0. The number of hydrogen-bond acceptors (Lipinski definition) is 3. The van der Waals surface area contributed by atoms with E-state index in [1.54, 1.807) is 0 Å². The van der Waals surface area contributed by atoms with Crippen molar-refractivity contribution in [2.75, 3.05) is 39.3 Å². The second-order valence-electron chi connectivity index (χ2n) is 8.44. The zero-order chi connectivity index (χ0) is 16.4. The summed E-state index contributed by atoms with van der Waals surface area (Å²) in [5, 5.41) is 0. The number of hydrogen-bond donors (Lipinski definition) is 0. The molecule has 4 rings (SSSR count). The van der Waals surface area contributed by atoms with E-state index in [1.165, 1.54) is 58.0 Å². The highest BCUT2D eigenvalue weighted by Crippen LogP contribution is 2.56. The molecule has 2 aliphatic carbocycles. The minimum absolute atomic E-state index is 0.375. The fourth-order valence-corrected chi connectivity index (χ4v) is 5.34. The van der Waals surface area contributed by atoms with Crippen molar-refractivity contribution in [1.82, 2.24) is 9.80 Å². The van der Waals surface area contributed by atoms with Crippen LogP contribution in [-0.4, -0.2) is 61.1 Å². The number of nitrogens with zero attached hydrogens (tertiary/aromatic N) is 2. The van der Waals surface area contributed by atoms with Gasteiger partial charge in [0, 0.05) is 25.6 Å². The van der Waals surface area contributed by atoms with Crippen LogP contribution in [0.3, 0.4) is 0 Å². The van der Waals surface area contributed by atoms with E-state index in [9.17, 15) is 4.79 Å². The number of amides is 1. The van der Waals surface area contributed by atoms with Gasteiger partial charge in [-0.05, 0) is 63.5 Å². The summed E-state index contributed by atoms with van der Waals surface area (Å²) in [4.78, 5) is 17.4. The predicted octanol–water partition coefficient (Wildman–Crippen LogP) is 2.92. The maximum absolute atomic E-state index is 12.7. The van der Waals surface area contributed by atoms with Crippen molar-refractivity contribution in [3.63, 3.8) is 0 Å². The Labute approximate surface area is 146 Å². The van der Waals surface area contributed by atoms with Crippen LogP contribution in [0.4, 0.5) is 0 Å². The van der Waals surface area contributed by atoms with E-state index in [4.69, 9.17) is 4.74 Å². The normalized spacial score (nSPS) is 34.8. The van der Waals surface area contributed by atoms with Crippen LogP contribution in [0.25, 0.3) is 0 Å². The molecule has 2 saturated heterocycles. The summed E-state index contributed by atoms with van der Waals surface area (Å²) in [6.07, 6.45) is 11.8. The fraction of sp³-hybridized carbons (Fsp3) is 0.950. The number of carbonyl (C=O) groups excluding carboxylic acids is 1. The molecule has 0 aromatic heterocycles. The minimum Gasteiger partial charge on any atom is -0.377 e. The first-order valence-corrected chi connectivity index (χ1v) is 10.5. The summed E-state index contributed by atoms with van der Waals surface area (Å²) >= 11 is 0. The van der Waals surface area contributed by atoms with Gasteiger partial charge in [0.1, 0.15) is 0 Å². The molecular formula is C20H34N2O2. The Hall–Kier alpha value is -0.610. The Bertz CT molecular complexity index is 415. The molecule has 4 aliphatic rings. The Morgan fingerprint density at radius 3 is 2.17 bits per heavy atom. The lowest BCUT2D eigenvalue weighted by Gasteiger charge is -2.33. The quantitative estimate of drug-likeness (QED) is 0.775. The molecule has 2 heterocycles. The van der Waals surface area contributed by atoms with Gasteiger partial charge in [-0.15, -0.1) is 0 Å². The van der Waals surface area contributed by atoms with Crippen LogP contribution < -0.4 is 0 Å². The number of piperidine rings is 2. The van der Waals surface area contributed by atoms with E-state index in [1.807, 2.05) is 0 Å². The number of carbonyl (C=O) groups is 1. The van der Waals surface area contributed by atoms with Gasteiger partial charge in [-0.3, -0.25) is 4.79 Å². The van der Waals surface area contributed by atoms with Gasteiger partial charge in [0.2, 0.25) is 5.91 Å². The van der Waals surface area contributed by atoms with Crippen molar-refractivity contribution in [2.45, 2.75) is 63.9 Å². The highest BCUT2D eigenvalue weighted by molar-refractivity contribution is 5.82. The third kappa shape index (κ3) is 3.80. The molecule has 0 radical (unpaired) electrons. The lowest BCUT2D eigenvalue weighted by molar-refractivity contribution is -0.135. The topological polar surface area (TPSA) is 32.8 Å². The molecule has 0 aromatic carbocycles. The van der Waals surface area contributed by atoms with E-state index in [0.717, 1.165) is 50.9 Å². The van der Waals surface area contributed by atoms with Gasteiger partial charge in [-0.25, -0.2) is 0 Å². The Morgan fingerprint density at radius 1 is 0.833 bits per heavy atom. The maximum Gasteiger partial charge on any atom is 0.226 e. The Kier molecular flexibility index (Phi) is 5.43. The molecule has 0 bridgehead atoms. The maximum atomic E-state index is 12.7. The smallest absolute Gasteiger partial charge is 0.226 e. The molecule has 136 valence electrons. The molecule has 1 amide bonds. The van der Waals surface area contributed by atoms with E-state index in [0.29, 0.717) is 17.9 Å². The lowest BCUT2D eigenvalue weighted by Crippen LogP contribution is -2.42. The average molecular weight is 335 g/mol. The van der Waals surface area contributed by atoms with Crippen molar-refractivity contribution < 1.29 is 9.53 Å². The molecule has 0 N–H and O–H groups in total. The minimum atomic E-state index is 0.375. The highest BCUT2D eigenvalue weighted by atomic mass is 16.5. The van der Waals surface area contributed by atoms with E-state index >= 15 is 0 Å². The number of likely N-dealkylation sites (tertiary alicyclic amines) is 2. The molecule has 2 saturated carbocycles. The van der Waals surface area contributed by atoms with Crippen LogP contribution in [0, 0.1) is 17.8 Å². The molecule has 4 heteroatoms. The largest absolute Gasteiger partial charge is 0.377 e. The third-order valence-electron chi connectivity index (χ3n) is 6.91. The van der Waals surface area contributed by atoms with E-state index < -0.39 is 0 Å². The van der Waals surface area contributed by atoms with Gasteiger partial charge in [0.05, 0.1) is 12.7 Å². The third-order valence-corrected chi connectivity index (χ3v) is 6.91. The molecular weight excluding hydrogens is 300 g/mol. The highest BCUT2D eigenvalue weighted by Gasteiger charge is 2.55. The van der Waals surface area contributed by atoms with Gasteiger partial charge < -0.3 is 14.5 Å². The van der Waals surface area contributed by atoms with Crippen LogP contribution in [0.1, 0.15) is 57.8 Å². The summed E-state index contributed by atoms with van der Waals surface area (Å²) in [5.41, 5.74) is 0. The molecule has 4 nitrogen and oxygen atoms in total. The van der Waals surface area contributed by atoms with Gasteiger partial charge in [-0.1, -0.05) is 19.3 Å². The van der Waals surface area contributed by atoms with E-state index in [2.05, 4.69) is 9.80 Å². The SMILES string of the molecule is O=C(C1[C@@H]2CCCC[C@@H]12)N1CCC(OCCN2CCCCC2)CC1. The fourth-order valence-electron chi connectivity index (χ4n) is 5.34. The molecule has 4 fully saturated rings. The second kappa shape index (κ2) is 7.74. The second-order valence-corrected chi connectivity index (χ2v) is 8.44. The first kappa shape index (κ1) is 16.8. The zero-order valence-corrected chi connectivity index (χ0v) is 15.1. The van der Waals surface area contributed by atoms with Crippen LogP contribution in [0.5, 0.6) is 0 Å². The monoisotopic (exact) mass is 334 g/mol. The van der Waals surface area contributed by atoms with Gasteiger partial charge in [-0.2, -0.15) is 0 Å². The Balaban J connectivity index is 1.14. The molecule has 0 spiro atoms. The van der Waals surface area contributed by atoms with Crippen molar-refractivity contribution in [1.29, 1.82) is 0 Å². The Morgan fingerprint density at radius 2 is 1.50 bits per heavy atom. The first-order valence-electron chi connectivity index (χ1n) is 10.5. The average Bonchev–Trinajstić information content (AvgIpc) is 3.37. The molecule has 0 unspecified atom stereocenters. The van der Waals surface area contributed by atoms with Crippen LogP contribution in [0.15, 0.2) is 0 Å². The summed E-state index contributed by atoms with van der Waals surface area (Å²) in [6, 6.07) is 0. The summed E-state index contributed by atoms with van der Waals surface area (Å²) in [6.45, 7) is 6.29.